The number of hydrogen-bond acceptors (Lipinski definition) is 6. The van der Waals surface area contributed by atoms with Gasteiger partial charge in [0.2, 0.25) is 0 Å². The summed E-state index contributed by atoms with van der Waals surface area (Å²) in [5.74, 6) is 2.03. The molecule has 1 saturated heterocycles. The zero-order valence-corrected chi connectivity index (χ0v) is 14.8. The summed E-state index contributed by atoms with van der Waals surface area (Å²) in [5.41, 5.74) is 5.18. The SMILES string of the molecule is CN(c1cc2c(nn1)CCC2)C1CN(c2cc3c(nn2)CCCC3)C1. The Morgan fingerprint density at radius 3 is 2.40 bits per heavy atom. The molecule has 0 radical (unpaired) electrons. The third-order valence-electron chi connectivity index (χ3n) is 5.96. The summed E-state index contributed by atoms with van der Waals surface area (Å²) in [6.07, 6.45) is 8.21. The minimum Gasteiger partial charge on any atom is -0.352 e. The highest BCUT2D eigenvalue weighted by Gasteiger charge is 2.33. The smallest absolute Gasteiger partial charge is 0.151 e. The van der Waals surface area contributed by atoms with Crippen LogP contribution in [0.5, 0.6) is 0 Å². The third-order valence-corrected chi connectivity index (χ3v) is 5.96. The Morgan fingerprint density at radius 1 is 0.840 bits per heavy atom. The summed E-state index contributed by atoms with van der Waals surface area (Å²) in [4.78, 5) is 4.60. The van der Waals surface area contributed by atoms with Gasteiger partial charge in [-0.2, -0.15) is 10.2 Å². The molecule has 0 bridgehead atoms. The average Bonchev–Trinajstić information content (AvgIpc) is 3.08. The van der Waals surface area contributed by atoms with Gasteiger partial charge >= 0.3 is 0 Å². The molecule has 25 heavy (non-hydrogen) atoms. The van der Waals surface area contributed by atoms with Crippen LogP contribution >= 0.6 is 0 Å². The molecule has 0 amide bonds. The van der Waals surface area contributed by atoms with Crippen molar-refractivity contribution in [1.29, 1.82) is 0 Å². The van der Waals surface area contributed by atoms with E-state index in [9.17, 15) is 0 Å². The van der Waals surface area contributed by atoms with E-state index in [0.29, 0.717) is 6.04 Å². The molecule has 1 fully saturated rings. The summed E-state index contributed by atoms with van der Waals surface area (Å²) >= 11 is 0. The fourth-order valence-corrected chi connectivity index (χ4v) is 4.20. The Bertz CT molecular complexity index is 798. The van der Waals surface area contributed by atoms with E-state index in [-0.39, 0.29) is 0 Å². The van der Waals surface area contributed by atoms with Gasteiger partial charge in [-0.3, -0.25) is 0 Å². The van der Waals surface area contributed by atoms with E-state index in [1.165, 1.54) is 41.8 Å². The monoisotopic (exact) mass is 336 g/mol. The normalized spacial score (nSPS) is 19.3. The van der Waals surface area contributed by atoms with E-state index in [4.69, 9.17) is 0 Å². The molecule has 0 spiro atoms. The van der Waals surface area contributed by atoms with Gasteiger partial charge in [-0.15, -0.1) is 10.2 Å². The van der Waals surface area contributed by atoms with E-state index >= 15 is 0 Å². The molecule has 2 aromatic heterocycles. The molecule has 6 heteroatoms. The first-order valence-electron chi connectivity index (χ1n) is 9.46. The molecule has 0 unspecified atom stereocenters. The lowest BCUT2D eigenvalue weighted by Crippen LogP contribution is -2.59. The van der Waals surface area contributed by atoms with Gasteiger partial charge in [0.05, 0.1) is 17.4 Å². The quantitative estimate of drug-likeness (QED) is 0.854. The summed E-state index contributed by atoms with van der Waals surface area (Å²) in [6, 6.07) is 4.95. The Labute approximate surface area is 148 Å². The first-order chi connectivity index (χ1) is 12.3. The molecule has 0 saturated carbocycles. The van der Waals surface area contributed by atoms with Crippen molar-refractivity contribution in [2.24, 2.45) is 0 Å². The lowest BCUT2D eigenvalue weighted by Gasteiger charge is -2.44. The highest BCUT2D eigenvalue weighted by molar-refractivity contribution is 5.50. The van der Waals surface area contributed by atoms with Gasteiger partial charge in [0.15, 0.2) is 11.6 Å². The first-order valence-corrected chi connectivity index (χ1v) is 9.46. The highest BCUT2D eigenvalue weighted by Crippen LogP contribution is 2.28. The van der Waals surface area contributed by atoms with Crippen LogP contribution < -0.4 is 9.80 Å². The molecule has 3 heterocycles. The predicted molar refractivity (Wildman–Crippen MR) is 97.1 cm³/mol. The van der Waals surface area contributed by atoms with Gasteiger partial charge < -0.3 is 9.80 Å². The largest absolute Gasteiger partial charge is 0.352 e. The van der Waals surface area contributed by atoms with Crippen LogP contribution in [-0.4, -0.2) is 46.6 Å². The van der Waals surface area contributed by atoms with Gasteiger partial charge in [-0.05, 0) is 68.2 Å². The van der Waals surface area contributed by atoms with Gasteiger partial charge in [0.1, 0.15) is 0 Å². The molecule has 6 nitrogen and oxygen atoms in total. The number of fused-ring (bicyclic) bond motifs is 2. The average molecular weight is 336 g/mol. The fraction of sp³-hybridized carbons (Fsp3) is 0.579. The lowest BCUT2D eigenvalue weighted by atomic mass is 9.96. The first kappa shape index (κ1) is 15.0. The van der Waals surface area contributed by atoms with Crippen LogP contribution in [0.15, 0.2) is 12.1 Å². The molecule has 2 aliphatic carbocycles. The number of nitrogens with zero attached hydrogens (tertiary/aromatic N) is 6. The maximum atomic E-state index is 4.46. The van der Waals surface area contributed by atoms with E-state index in [1.807, 2.05) is 0 Å². The van der Waals surface area contributed by atoms with Crippen LogP contribution in [0.1, 0.15) is 41.8 Å². The number of anilines is 2. The van der Waals surface area contributed by atoms with E-state index in [1.54, 1.807) is 0 Å². The molecule has 5 rings (SSSR count). The molecular weight excluding hydrogens is 312 g/mol. The van der Waals surface area contributed by atoms with Crippen LogP contribution in [0.4, 0.5) is 11.6 Å². The zero-order chi connectivity index (χ0) is 16.8. The Hall–Kier alpha value is -2.24. The maximum Gasteiger partial charge on any atom is 0.151 e. The molecular formula is C19H24N6. The minimum atomic E-state index is 0.464. The summed E-state index contributed by atoms with van der Waals surface area (Å²) < 4.78 is 0. The van der Waals surface area contributed by atoms with E-state index < -0.39 is 0 Å². The number of hydrogen-bond donors (Lipinski definition) is 0. The number of aromatic nitrogens is 4. The van der Waals surface area contributed by atoms with Gasteiger partial charge in [-0.1, -0.05) is 0 Å². The van der Waals surface area contributed by atoms with Gasteiger partial charge in [0, 0.05) is 20.1 Å². The Morgan fingerprint density at radius 2 is 1.52 bits per heavy atom. The van der Waals surface area contributed by atoms with Gasteiger partial charge in [-0.25, -0.2) is 0 Å². The Kier molecular flexibility index (Phi) is 3.57. The lowest BCUT2D eigenvalue weighted by molar-refractivity contribution is 0.485. The topological polar surface area (TPSA) is 58.0 Å². The standard InChI is InChI=1S/C19H24N6/c1-24(18-9-14-6-4-8-17(14)20-22-18)15-11-25(12-15)19-10-13-5-2-3-7-16(13)21-23-19/h9-10,15H,2-8,11-12H2,1H3. The van der Waals surface area contributed by atoms with Crippen molar-refractivity contribution >= 4 is 11.6 Å². The second-order valence-electron chi connectivity index (χ2n) is 7.58. The predicted octanol–water partition coefficient (Wildman–Crippen LogP) is 1.96. The van der Waals surface area contributed by atoms with Crippen molar-refractivity contribution in [3.8, 4) is 0 Å². The van der Waals surface area contributed by atoms with Crippen LogP contribution in [0.3, 0.4) is 0 Å². The van der Waals surface area contributed by atoms with Gasteiger partial charge in [0.25, 0.3) is 0 Å². The molecule has 1 aliphatic heterocycles. The second-order valence-corrected chi connectivity index (χ2v) is 7.58. The summed E-state index contributed by atoms with van der Waals surface area (Å²) in [6.45, 7) is 1.95. The third kappa shape index (κ3) is 2.64. The molecule has 2 aromatic rings. The number of aryl methyl sites for hydroxylation is 4. The number of rotatable bonds is 3. The van der Waals surface area contributed by atoms with Crippen LogP contribution in [0.2, 0.25) is 0 Å². The van der Waals surface area contributed by atoms with E-state index in [2.05, 4.69) is 49.4 Å². The summed E-state index contributed by atoms with van der Waals surface area (Å²) in [5, 5.41) is 17.8. The molecule has 0 N–H and O–H groups in total. The van der Waals surface area contributed by atoms with Crippen LogP contribution in [-0.2, 0) is 25.7 Å². The van der Waals surface area contributed by atoms with Crippen LogP contribution in [0, 0.1) is 0 Å². The molecule has 0 aromatic carbocycles. The second kappa shape index (κ2) is 5.93. The summed E-state index contributed by atoms with van der Waals surface area (Å²) in [7, 11) is 2.13. The Balaban J connectivity index is 1.27. The van der Waals surface area contributed by atoms with Crippen molar-refractivity contribution in [3.63, 3.8) is 0 Å². The number of likely N-dealkylation sites (N-methyl/N-ethyl adjacent to an activating group) is 1. The minimum absolute atomic E-state index is 0.464. The fourth-order valence-electron chi connectivity index (χ4n) is 4.20. The van der Waals surface area contributed by atoms with Crippen molar-refractivity contribution in [2.75, 3.05) is 29.9 Å². The molecule has 3 aliphatic rings. The zero-order valence-electron chi connectivity index (χ0n) is 14.8. The van der Waals surface area contributed by atoms with E-state index in [0.717, 1.165) is 50.4 Å². The van der Waals surface area contributed by atoms with Crippen molar-refractivity contribution < 1.29 is 0 Å². The van der Waals surface area contributed by atoms with Crippen molar-refractivity contribution in [1.82, 2.24) is 20.4 Å². The molecule has 0 atom stereocenters. The van der Waals surface area contributed by atoms with Crippen molar-refractivity contribution in [2.45, 2.75) is 51.0 Å². The highest BCUT2D eigenvalue weighted by atomic mass is 15.4. The maximum absolute atomic E-state index is 4.46. The van der Waals surface area contributed by atoms with Crippen LogP contribution in [0.25, 0.3) is 0 Å². The van der Waals surface area contributed by atoms with Crippen molar-refractivity contribution in [3.05, 3.63) is 34.6 Å². The molecule has 130 valence electrons.